The molecule has 0 atom stereocenters. The molecule has 1 aromatic heterocycles. The number of unbranched alkanes of at least 4 members (excludes halogenated alkanes) is 4. The Hall–Kier alpha value is -1.09. The summed E-state index contributed by atoms with van der Waals surface area (Å²) in [6.07, 6.45) is 7.17. The van der Waals surface area contributed by atoms with E-state index in [1.165, 1.54) is 25.7 Å². The van der Waals surface area contributed by atoms with E-state index in [9.17, 15) is 0 Å². The van der Waals surface area contributed by atoms with Crippen molar-refractivity contribution in [3.05, 3.63) is 23.4 Å². The lowest BCUT2D eigenvalue weighted by molar-refractivity contribution is 0.292. The van der Waals surface area contributed by atoms with Crippen LogP contribution in [0.5, 0.6) is 5.88 Å². The Labute approximate surface area is 111 Å². The van der Waals surface area contributed by atoms with E-state index in [0.717, 1.165) is 36.6 Å². The summed E-state index contributed by atoms with van der Waals surface area (Å²) in [7, 11) is 0. The van der Waals surface area contributed by atoms with Crippen LogP contribution >= 0.6 is 0 Å². The quantitative estimate of drug-likeness (QED) is 0.683. The number of nitrogens with two attached hydrogens (primary N) is 1. The fourth-order valence-electron chi connectivity index (χ4n) is 1.88. The highest BCUT2D eigenvalue weighted by molar-refractivity contribution is 5.25. The van der Waals surface area contributed by atoms with Gasteiger partial charge in [0.2, 0.25) is 5.88 Å². The van der Waals surface area contributed by atoms with Crippen molar-refractivity contribution in [1.29, 1.82) is 0 Å². The third kappa shape index (κ3) is 5.50. The van der Waals surface area contributed by atoms with Crippen LogP contribution < -0.4 is 10.5 Å². The summed E-state index contributed by atoms with van der Waals surface area (Å²) in [5.74, 6) is 0.727. The van der Waals surface area contributed by atoms with Crippen molar-refractivity contribution < 1.29 is 4.74 Å². The lowest BCUT2D eigenvalue weighted by Gasteiger charge is -2.08. The first kappa shape index (κ1) is 15.0. The number of ether oxygens (including phenoxy) is 1. The number of nitrogens with zero attached hydrogens (tertiary/aromatic N) is 1. The molecule has 0 fully saturated rings. The average Bonchev–Trinajstić information content (AvgIpc) is 2.42. The molecule has 1 aromatic rings. The highest BCUT2D eigenvalue weighted by atomic mass is 16.5. The maximum Gasteiger partial charge on any atom is 0.213 e. The van der Waals surface area contributed by atoms with Gasteiger partial charge >= 0.3 is 0 Å². The van der Waals surface area contributed by atoms with Crippen LogP contribution in [0, 0.1) is 0 Å². The number of aryl methyl sites for hydroxylation is 1. The molecule has 2 N–H and O–H groups in total. The molecule has 0 saturated heterocycles. The normalized spacial score (nSPS) is 10.6. The third-order valence-electron chi connectivity index (χ3n) is 3.01. The van der Waals surface area contributed by atoms with Gasteiger partial charge in [0, 0.05) is 18.3 Å². The number of aromatic nitrogens is 1. The molecular weight excluding hydrogens is 224 g/mol. The maximum atomic E-state index is 5.70. The molecule has 0 bridgehead atoms. The van der Waals surface area contributed by atoms with E-state index in [4.69, 9.17) is 10.5 Å². The summed E-state index contributed by atoms with van der Waals surface area (Å²) in [6, 6.07) is 4.00. The first-order chi connectivity index (χ1) is 8.80. The van der Waals surface area contributed by atoms with Gasteiger partial charge in [0.25, 0.3) is 0 Å². The van der Waals surface area contributed by atoms with E-state index >= 15 is 0 Å². The molecular formula is C15H26N2O. The van der Waals surface area contributed by atoms with Gasteiger partial charge < -0.3 is 10.5 Å². The van der Waals surface area contributed by atoms with Crippen LogP contribution in [0.3, 0.4) is 0 Å². The van der Waals surface area contributed by atoms with Gasteiger partial charge in [-0.25, -0.2) is 4.98 Å². The summed E-state index contributed by atoms with van der Waals surface area (Å²) in [5, 5.41) is 0. The van der Waals surface area contributed by atoms with Crippen molar-refractivity contribution in [2.75, 3.05) is 6.61 Å². The molecule has 0 aliphatic heterocycles. The van der Waals surface area contributed by atoms with E-state index < -0.39 is 0 Å². The fraction of sp³-hybridized carbons (Fsp3) is 0.667. The minimum atomic E-state index is 0.544. The van der Waals surface area contributed by atoms with Crippen molar-refractivity contribution in [1.82, 2.24) is 4.98 Å². The highest BCUT2D eigenvalue weighted by Gasteiger charge is 2.02. The number of hydrogen-bond donors (Lipinski definition) is 1. The zero-order valence-corrected chi connectivity index (χ0v) is 11.7. The van der Waals surface area contributed by atoms with E-state index in [1.807, 2.05) is 12.1 Å². The first-order valence-corrected chi connectivity index (χ1v) is 7.12. The van der Waals surface area contributed by atoms with Crippen LogP contribution in [-0.4, -0.2) is 11.6 Å². The molecule has 3 heteroatoms. The second-order valence-corrected chi connectivity index (χ2v) is 4.63. The lowest BCUT2D eigenvalue weighted by atomic mass is 10.2. The van der Waals surface area contributed by atoms with Crippen LogP contribution in [-0.2, 0) is 13.0 Å². The number of hydrogen-bond acceptors (Lipinski definition) is 3. The molecule has 102 valence electrons. The summed E-state index contributed by atoms with van der Waals surface area (Å²) in [4.78, 5) is 4.46. The van der Waals surface area contributed by atoms with Crippen LogP contribution in [0.2, 0.25) is 0 Å². The Balaban J connectivity index is 2.36. The molecule has 1 heterocycles. The zero-order chi connectivity index (χ0) is 13.2. The van der Waals surface area contributed by atoms with E-state index in [-0.39, 0.29) is 0 Å². The van der Waals surface area contributed by atoms with Crippen molar-refractivity contribution in [2.24, 2.45) is 5.73 Å². The molecule has 0 amide bonds. The van der Waals surface area contributed by atoms with Crippen LogP contribution in [0.4, 0.5) is 0 Å². The SMILES string of the molecule is CCCCCCCOc1cc(CN)cc(CC)n1. The summed E-state index contributed by atoms with van der Waals surface area (Å²) >= 11 is 0. The molecule has 1 rings (SSSR count). The highest BCUT2D eigenvalue weighted by Crippen LogP contribution is 2.14. The Morgan fingerprint density at radius 3 is 2.56 bits per heavy atom. The summed E-state index contributed by atoms with van der Waals surface area (Å²) in [5.41, 5.74) is 7.82. The van der Waals surface area contributed by atoms with E-state index in [0.29, 0.717) is 6.54 Å². The standard InChI is InChI=1S/C15H26N2O/c1-3-5-6-7-8-9-18-15-11-13(12-16)10-14(4-2)17-15/h10-11H,3-9,12,16H2,1-2H3. The van der Waals surface area contributed by atoms with Crippen LogP contribution in [0.1, 0.15) is 57.2 Å². The predicted molar refractivity (Wildman–Crippen MR) is 75.8 cm³/mol. The Morgan fingerprint density at radius 1 is 1.11 bits per heavy atom. The topological polar surface area (TPSA) is 48.1 Å². The van der Waals surface area contributed by atoms with Crippen molar-refractivity contribution in [3.63, 3.8) is 0 Å². The van der Waals surface area contributed by atoms with E-state index in [2.05, 4.69) is 18.8 Å². The van der Waals surface area contributed by atoms with Crippen molar-refractivity contribution >= 4 is 0 Å². The predicted octanol–water partition coefficient (Wildman–Crippen LogP) is 3.45. The monoisotopic (exact) mass is 250 g/mol. The number of rotatable bonds is 9. The summed E-state index contributed by atoms with van der Waals surface area (Å²) < 4.78 is 5.70. The molecule has 3 nitrogen and oxygen atoms in total. The molecule has 18 heavy (non-hydrogen) atoms. The molecule has 0 aromatic carbocycles. The molecule has 0 spiro atoms. The van der Waals surface area contributed by atoms with Gasteiger partial charge in [-0.05, 0) is 24.5 Å². The second kappa shape index (κ2) is 8.92. The number of pyridine rings is 1. The lowest BCUT2D eigenvalue weighted by Crippen LogP contribution is -2.04. The molecule has 0 unspecified atom stereocenters. The Kier molecular flexibility index (Phi) is 7.42. The maximum absolute atomic E-state index is 5.70. The second-order valence-electron chi connectivity index (χ2n) is 4.63. The summed E-state index contributed by atoms with van der Waals surface area (Å²) in [6.45, 7) is 5.62. The minimum Gasteiger partial charge on any atom is -0.478 e. The third-order valence-corrected chi connectivity index (χ3v) is 3.01. The Bertz CT molecular complexity index is 317. The molecule has 0 saturated carbocycles. The fourth-order valence-corrected chi connectivity index (χ4v) is 1.88. The van der Waals surface area contributed by atoms with Gasteiger partial charge in [-0.15, -0.1) is 0 Å². The molecule has 0 aliphatic carbocycles. The minimum absolute atomic E-state index is 0.544. The van der Waals surface area contributed by atoms with Crippen LogP contribution in [0.25, 0.3) is 0 Å². The van der Waals surface area contributed by atoms with Gasteiger partial charge in [0.15, 0.2) is 0 Å². The zero-order valence-electron chi connectivity index (χ0n) is 11.7. The molecule has 0 aliphatic rings. The largest absolute Gasteiger partial charge is 0.478 e. The van der Waals surface area contributed by atoms with Gasteiger partial charge in [-0.1, -0.05) is 39.5 Å². The van der Waals surface area contributed by atoms with Crippen molar-refractivity contribution in [3.8, 4) is 5.88 Å². The van der Waals surface area contributed by atoms with Gasteiger partial charge in [-0.2, -0.15) is 0 Å². The smallest absolute Gasteiger partial charge is 0.213 e. The van der Waals surface area contributed by atoms with E-state index in [1.54, 1.807) is 0 Å². The van der Waals surface area contributed by atoms with Gasteiger partial charge in [0.05, 0.1) is 6.61 Å². The Morgan fingerprint density at radius 2 is 1.89 bits per heavy atom. The van der Waals surface area contributed by atoms with Gasteiger partial charge in [0.1, 0.15) is 0 Å². The molecule has 0 radical (unpaired) electrons. The average molecular weight is 250 g/mol. The van der Waals surface area contributed by atoms with Crippen molar-refractivity contribution in [2.45, 2.75) is 58.9 Å². The first-order valence-electron chi connectivity index (χ1n) is 7.12. The van der Waals surface area contributed by atoms with Crippen LogP contribution in [0.15, 0.2) is 12.1 Å². The van der Waals surface area contributed by atoms with Gasteiger partial charge in [-0.3, -0.25) is 0 Å².